The van der Waals surface area contributed by atoms with Gasteiger partial charge < -0.3 is 4.90 Å². The van der Waals surface area contributed by atoms with Gasteiger partial charge in [0.25, 0.3) is 0 Å². The molecule has 1 fully saturated rings. The molecule has 0 spiro atoms. The third-order valence-corrected chi connectivity index (χ3v) is 6.35. The first kappa shape index (κ1) is 18.4. The Hall–Kier alpha value is -1.95. The Morgan fingerprint density at radius 3 is 2.37 bits per heavy atom. The van der Waals surface area contributed by atoms with Crippen LogP contribution in [0.15, 0.2) is 53.9 Å². The Bertz CT molecular complexity index is 764. The summed E-state index contributed by atoms with van der Waals surface area (Å²) in [6.45, 7) is 7.22. The van der Waals surface area contributed by atoms with Gasteiger partial charge in [-0.2, -0.15) is 0 Å². The molecule has 1 aromatic heterocycles. The van der Waals surface area contributed by atoms with Crippen molar-refractivity contribution in [1.82, 2.24) is 14.7 Å². The number of rotatable bonds is 5. The van der Waals surface area contributed by atoms with Gasteiger partial charge in [-0.3, -0.25) is 14.6 Å². The SMILES string of the molecule is O=C(CN1CCN(Cc2cccs2)CC1)N1CC=C(c2ccccc2)CC1. The minimum Gasteiger partial charge on any atom is -0.338 e. The van der Waals surface area contributed by atoms with Crippen LogP contribution in [0.4, 0.5) is 0 Å². The fourth-order valence-electron chi connectivity index (χ4n) is 3.83. The zero-order valence-electron chi connectivity index (χ0n) is 15.7. The standard InChI is InChI=1S/C22H27N3OS/c26-22(25-10-8-20(9-11-25)19-5-2-1-3-6-19)18-24-14-12-23(13-15-24)17-21-7-4-16-27-21/h1-8,16H,9-15,17-18H2. The average Bonchev–Trinajstić information content (AvgIpc) is 3.23. The third kappa shape index (κ3) is 4.86. The van der Waals surface area contributed by atoms with Crippen molar-refractivity contribution >= 4 is 22.8 Å². The molecule has 2 aliphatic heterocycles. The topological polar surface area (TPSA) is 26.8 Å². The van der Waals surface area contributed by atoms with Crippen LogP contribution >= 0.6 is 11.3 Å². The highest BCUT2D eigenvalue weighted by atomic mass is 32.1. The lowest BCUT2D eigenvalue weighted by molar-refractivity contribution is -0.132. The van der Waals surface area contributed by atoms with E-state index in [1.165, 1.54) is 16.0 Å². The fraction of sp³-hybridized carbons (Fsp3) is 0.409. The second-order valence-electron chi connectivity index (χ2n) is 7.32. The van der Waals surface area contributed by atoms with Gasteiger partial charge in [0.05, 0.1) is 6.54 Å². The summed E-state index contributed by atoms with van der Waals surface area (Å²) >= 11 is 1.82. The quantitative estimate of drug-likeness (QED) is 0.796. The molecule has 2 aliphatic rings. The largest absolute Gasteiger partial charge is 0.338 e. The molecule has 3 heterocycles. The van der Waals surface area contributed by atoms with Crippen LogP contribution in [0.1, 0.15) is 16.9 Å². The number of amides is 1. The molecule has 4 rings (SSSR count). The molecular weight excluding hydrogens is 354 g/mol. The number of thiophene rings is 1. The van der Waals surface area contributed by atoms with Gasteiger partial charge in [-0.05, 0) is 29.0 Å². The molecule has 0 aliphatic carbocycles. The summed E-state index contributed by atoms with van der Waals surface area (Å²) in [5.74, 6) is 0.269. The summed E-state index contributed by atoms with van der Waals surface area (Å²) in [5, 5.41) is 2.14. The Balaban J connectivity index is 1.23. The third-order valence-electron chi connectivity index (χ3n) is 5.49. The van der Waals surface area contributed by atoms with Crippen molar-refractivity contribution in [3.8, 4) is 0 Å². The van der Waals surface area contributed by atoms with Crippen LogP contribution in [0.2, 0.25) is 0 Å². The van der Waals surface area contributed by atoms with E-state index in [2.05, 4.69) is 57.7 Å². The van der Waals surface area contributed by atoms with Crippen molar-refractivity contribution in [2.24, 2.45) is 0 Å². The lowest BCUT2D eigenvalue weighted by Crippen LogP contribution is -2.50. The maximum atomic E-state index is 12.7. The van der Waals surface area contributed by atoms with Crippen LogP contribution in [0.25, 0.3) is 5.57 Å². The first-order valence-corrected chi connectivity index (χ1v) is 10.7. The first-order valence-electron chi connectivity index (χ1n) is 9.77. The lowest BCUT2D eigenvalue weighted by Gasteiger charge is -2.35. The summed E-state index contributed by atoms with van der Waals surface area (Å²) in [6, 6.07) is 14.8. The van der Waals surface area contributed by atoms with Crippen LogP contribution in [-0.4, -0.2) is 66.4 Å². The average molecular weight is 382 g/mol. The number of carbonyl (C=O) groups is 1. The van der Waals surface area contributed by atoms with E-state index in [4.69, 9.17) is 0 Å². The van der Waals surface area contributed by atoms with Gasteiger partial charge in [0.2, 0.25) is 5.91 Å². The van der Waals surface area contributed by atoms with Crippen LogP contribution in [0.3, 0.4) is 0 Å². The number of hydrogen-bond acceptors (Lipinski definition) is 4. The minimum absolute atomic E-state index is 0.269. The lowest BCUT2D eigenvalue weighted by atomic mass is 9.99. The second kappa shape index (κ2) is 8.83. The summed E-state index contributed by atoms with van der Waals surface area (Å²) in [7, 11) is 0. The van der Waals surface area contributed by atoms with Crippen molar-refractivity contribution in [3.05, 3.63) is 64.4 Å². The highest BCUT2D eigenvalue weighted by Gasteiger charge is 2.23. The molecule has 0 radical (unpaired) electrons. The molecule has 1 amide bonds. The van der Waals surface area contributed by atoms with Crippen molar-refractivity contribution in [3.63, 3.8) is 0 Å². The number of carbonyl (C=O) groups excluding carboxylic acids is 1. The first-order chi connectivity index (χ1) is 13.3. The molecular formula is C22H27N3OS. The molecule has 1 aromatic carbocycles. The number of nitrogens with zero attached hydrogens (tertiary/aromatic N) is 3. The van der Waals surface area contributed by atoms with Crippen LogP contribution in [0, 0.1) is 0 Å². The summed E-state index contributed by atoms with van der Waals surface area (Å²) < 4.78 is 0. The van der Waals surface area contributed by atoms with Gasteiger partial charge >= 0.3 is 0 Å². The highest BCUT2D eigenvalue weighted by Crippen LogP contribution is 2.22. The maximum absolute atomic E-state index is 12.7. The van der Waals surface area contributed by atoms with E-state index in [1.54, 1.807) is 0 Å². The molecule has 0 bridgehead atoms. The Labute approximate surface area is 165 Å². The summed E-state index contributed by atoms with van der Waals surface area (Å²) in [6.07, 6.45) is 3.17. The van der Waals surface area contributed by atoms with E-state index in [0.29, 0.717) is 6.54 Å². The van der Waals surface area contributed by atoms with Gasteiger partial charge in [0, 0.05) is 50.7 Å². The van der Waals surface area contributed by atoms with Gasteiger partial charge in [-0.15, -0.1) is 11.3 Å². The molecule has 0 atom stereocenters. The smallest absolute Gasteiger partial charge is 0.237 e. The fourth-order valence-corrected chi connectivity index (χ4v) is 4.58. The Kier molecular flexibility index (Phi) is 6.02. The van der Waals surface area contributed by atoms with Gasteiger partial charge in [-0.1, -0.05) is 42.5 Å². The van der Waals surface area contributed by atoms with Crippen LogP contribution in [-0.2, 0) is 11.3 Å². The van der Waals surface area contributed by atoms with E-state index in [1.807, 2.05) is 22.3 Å². The normalized spacial score (nSPS) is 19.1. The summed E-state index contributed by atoms with van der Waals surface area (Å²) in [5.41, 5.74) is 2.65. The molecule has 0 saturated carbocycles. The van der Waals surface area contributed by atoms with E-state index in [-0.39, 0.29) is 5.91 Å². The number of piperazine rings is 1. The minimum atomic E-state index is 0.269. The molecule has 2 aromatic rings. The van der Waals surface area contributed by atoms with E-state index < -0.39 is 0 Å². The van der Waals surface area contributed by atoms with Crippen LogP contribution < -0.4 is 0 Å². The number of hydrogen-bond donors (Lipinski definition) is 0. The molecule has 0 N–H and O–H groups in total. The molecule has 0 unspecified atom stereocenters. The Morgan fingerprint density at radius 2 is 1.70 bits per heavy atom. The zero-order valence-corrected chi connectivity index (χ0v) is 16.5. The zero-order chi connectivity index (χ0) is 18.5. The molecule has 27 heavy (non-hydrogen) atoms. The van der Waals surface area contributed by atoms with E-state index in [0.717, 1.165) is 52.2 Å². The maximum Gasteiger partial charge on any atom is 0.237 e. The predicted octanol–water partition coefficient (Wildman–Crippen LogP) is 3.18. The highest BCUT2D eigenvalue weighted by molar-refractivity contribution is 7.09. The predicted molar refractivity (Wildman–Crippen MR) is 112 cm³/mol. The molecule has 1 saturated heterocycles. The van der Waals surface area contributed by atoms with Gasteiger partial charge in [-0.25, -0.2) is 0 Å². The molecule has 4 nitrogen and oxygen atoms in total. The van der Waals surface area contributed by atoms with E-state index >= 15 is 0 Å². The summed E-state index contributed by atoms with van der Waals surface area (Å²) in [4.78, 5) is 20.9. The van der Waals surface area contributed by atoms with Crippen molar-refractivity contribution in [2.45, 2.75) is 13.0 Å². The monoisotopic (exact) mass is 381 g/mol. The second-order valence-corrected chi connectivity index (χ2v) is 8.35. The van der Waals surface area contributed by atoms with Crippen molar-refractivity contribution in [1.29, 1.82) is 0 Å². The molecule has 142 valence electrons. The van der Waals surface area contributed by atoms with Crippen molar-refractivity contribution in [2.75, 3.05) is 45.8 Å². The van der Waals surface area contributed by atoms with Gasteiger partial charge in [0.15, 0.2) is 0 Å². The van der Waals surface area contributed by atoms with Crippen LogP contribution in [0.5, 0.6) is 0 Å². The van der Waals surface area contributed by atoms with E-state index in [9.17, 15) is 4.79 Å². The van der Waals surface area contributed by atoms with Crippen molar-refractivity contribution < 1.29 is 4.79 Å². The van der Waals surface area contributed by atoms with Gasteiger partial charge in [0.1, 0.15) is 0 Å². The molecule has 5 heteroatoms. The Morgan fingerprint density at radius 1 is 0.926 bits per heavy atom. The number of benzene rings is 1.